The van der Waals surface area contributed by atoms with Crippen molar-refractivity contribution in [3.8, 4) is 11.5 Å². The number of hydrogen-bond donors (Lipinski definition) is 0. The van der Waals surface area contributed by atoms with Gasteiger partial charge in [0.2, 0.25) is 0 Å². The third-order valence-electron chi connectivity index (χ3n) is 5.69. The summed E-state index contributed by atoms with van der Waals surface area (Å²) in [6.07, 6.45) is 1.39. The molecular formula is C23H23Cl2NO4. The molecule has 0 atom stereocenters. The predicted molar refractivity (Wildman–Crippen MR) is 116 cm³/mol. The lowest BCUT2D eigenvalue weighted by atomic mass is 9.82. The van der Waals surface area contributed by atoms with Gasteiger partial charge in [-0.25, -0.2) is 0 Å². The van der Waals surface area contributed by atoms with E-state index in [0.717, 1.165) is 11.1 Å². The molecule has 0 saturated carbocycles. The van der Waals surface area contributed by atoms with Crippen LogP contribution in [0.25, 0.3) is 0 Å². The molecule has 1 saturated heterocycles. The number of Topliss-reactive ketones (excluding diaryl/α,β-unsaturated/α-hetero) is 1. The van der Waals surface area contributed by atoms with E-state index in [-0.39, 0.29) is 24.7 Å². The Morgan fingerprint density at radius 1 is 1.10 bits per heavy atom. The zero-order valence-corrected chi connectivity index (χ0v) is 18.5. The van der Waals surface area contributed by atoms with E-state index in [1.165, 1.54) is 0 Å². The first-order chi connectivity index (χ1) is 14.2. The van der Waals surface area contributed by atoms with Crippen LogP contribution in [0, 0.1) is 13.8 Å². The molecule has 7 heteroatoms. The molecule has 1 fully saturated rings. The zero-order valence-electron chi connectivity index (χ0n) is 17.0. The van der Waals surface area contributed by atoms with Crippen LogP contribution in [0.4, 0.5) is 0 Å². The lowest BCUT2D eigenvalue weighted by Gasteiger charge is -2.44. The van der Waals surface area contributed by atoms with E-state index in [2.05, 4.69) is 6.07 Å². The number of benzene rings is 2. The Labute approximate surface area is 185 Å². The fourth-order valence-electron chi connectivity index (χ4n) is 4.21. The van der Waals surface area contributed by atoms with Crippen molar-refractivity contribution in [1.29, 1.82) is 0 Å². The number of nitrogens with zero attached hydrogens (tertiary/aromatic N) is 1. The maximum atomic E-state index is 12.7. The molecule has 2 aliphatic heterocycles. The Morgan fingerprint density at radius 3 is 2.43 bits per heavy atom. The smallest absolute Gasteiger partial charge is 0.260 e. The lowest BCUT2D eigenvalue weighted by Crippen LogP contribution is -2.53. The van der Waals surface area contributed by atoms with Gasteiger partial charge in [-0.3, -0.25) is 9.59 Å². The van der Waals surface area contributed by atoms with Gasteiger partial charge in [-0.15, -0.1) is 0 Å². The van der Waals surface area contributed by atoms with Crippen LogP contribution in [-0.4, -0.2) is 41.9 Å². The van der Waals surface area contributed by atoms with E-state index in [9.17, 15) is 9.59 Å². The molecule has 5 nitrogen and oxygen atoms in total. The van der Waals surface area contributed by atoms with E-state index in [1.807, 2.05) is 26.0 Å². The van der Waals surface area contributed by atoms with Crippen LogP contribution >= 0.6 is 23.2 Å². The van der Waals surface area contributed by atoms with Crippen LogP contribution in [0.5, 0.6) is 11.5 Å². The summed E-state index contributed by atoms with van der Waals surface area (Å²) < 4.78 is 11.9. The van der Waals surface area contributed by atoms with E-state index >= 15 is 0 Å². The van der Waals surface area contributed by atoms with Gasteiger partial charge in [-0.2, -0.15) is 0 Å². The summed E-state index contributed by atoms with van der Waals surface area (Å²) in [5.41, 5.74) is 1.99. The number of hydrogen-bond acceptors (Lipinski definition) is 4. The fourth-order valence-corrected chi connectivity index (χ4v) is 4.74. The second kappa shape index (κ2) is 8.12. The third-order valence-corrected chi connectivity index (χ3v) is 6.19. The number of halogens is 2. The van der Waals surface area contributed by atoms with Gasteiger partial charge in [-0.1, -0.05) is 29.3 Å². The quantitative estimate of drug-likeness (QED) is 0.662. The molecule has 0 aromatic heterocycles. The molecule has 0 aliphatic carbocycles. The SMILES string of the molecule is Cc1cc(C)cc(OCC(=O)N2CCC3(CC2)CC(=O)c2cc(Cl)cc(Cl)c2O3)c1. The molecule has 0 bridgehead atoms. The summed E-state index contributed by atoms with van der Waals surface area (Å²) in [5.74, 6) is 0.991. The minimum atomic E-state index is -0.632. The molecule has 30 heavy (non-hydrogen) atoms. The molecule has 1 spiro atoms. The number of amides is 1. The zero-order chi connectivity index (χ0) is 21.5. The average molecular weight is 448 g/mol. The lowest BCUT2D eigenvalue weighted by molar-refractivity contribution is -0.136. The van der Waals surface area contributed by atoms with Gasteiger partial charge in [0.25, 0.3) is 5.91 Å². The van der Waals surface area contributed by atoms with Gasteiger partial charge in [-0.05, 0) is 49.2 Å². The molecule has 0 N–H and O–H groups in total. The predicted octanol–water partition coefficient (Wildman–Crippen LogP) is 5.02. The van der Waals surface area contributed by atoms with Crippen LogP contribution in [-0.2, 0) is 4.79 Å². The number of ether oxygens (including phenoxy) is 2. The van der Waals surface area contributed by atoms with Crippen molar-refractivity contribution in [2.24, 2.45) is 0 Å². The third kappa shape index (κ3) is 4.28. The number of ketones is 1. The first-order valence-electron chi connectivity index (χ1n) is 9.95. The second-order valence-electron chi connectivity index (χ2n) is 8.14. The van der Waals surface area contributed by atoms with Crippen molar-refractivity contribution >= 4 is 34.9 Å². The molecule has 2 aromatic carbocycles. The van der Waals surface area contributed by atoms with E-state index in [0.29, 0.717) is 53.0 Å². The average Bonchev–Trinajstić information content (AvgIpc) is 2.67. The summed E-state index contributed by atoms with van der Waals surface area (Å²) in [4.78, 5) is 27.1. The Hall–Kier alpha value is -2.24. The first kappa shape index (κ1) is 21.0. The van der Waals surface area contributed by atoms with Gasteiger partial charge in [0.1, 0.15) is 17.1 Å². The highest BCUT2D eigenvalue weighted by molar-refractivity contribution is 6.36. The fraction of sp³-hybridized carbons (Fsp3) is 0.391. The molecule has 2 heterocycles. The molecule has 4 rings (SSSR count). The summed E-state index contributed by atoms with van der Waals surface area (Å²) >= 11 is 12.3. The number of rotatable bonds is 3. The minimum Gasteiger partial charge on any atom is -0.484 e. The molecular weight excluding hydrogens is 425 g/mol. The number of aryl methyl sites for hydroxylation is 2. The highest BCUT2D eigenvalue weighted by atomic mass is 35.5. The number of carbonyl (C=O) groups is 2. The van der Waals surface area contributed by atoms with Gasteiger partial charge in [0, 0.05) is 31.0 Å². The van der Waals surface area contributed by atoms with Crippen LogP contribution in [0.15, 0.2) is 30.3 Å². The first-order valence-corrected chi connectivity index (χ1v) is 10.7. The normalized spacial score (nSPS) is 17.5. The number of piperidine rings is 1. The molecule has 0 radical (unpaired) electrons. The van der Waals surface area contributed by atoms with Crippen LogP contribution in [0.3, 0.4) is 0 Å². The Kier molecular flexibility index (Phi) is 5.69. The molecule has 2 aliphatic rings. The van der Waals surface area contributed by atoms with Crippen molar-refractivity contribution in [2.45, 2.75) is 38.7 Å². The monoisotopic (exact) mass is 447 g/mol. The van der Waals surface area contributed by atoms with Crippen molar-refractivity contribution in [3.05, 3.63) is 57.1 Å². The standard InChI is InChI=1S/C23H23Cl2NO4/c1-14-7-15(2)9-17(8-14)29-13-21(28)26-5-3-23(4-6-26)12-20(27)18-10-16(24)11-19(25)22(18)30-23/h7-11H,3-6,12-13H2,1-2H3. The van der Waals surface area contributed by atoms with Gasteiger partial charge in [0.05, 0.1) is 17.0 Å². The summed E-state index contributed by atoms with van der Waals surface area (Å²) in [7, 11) is 0. The summed E-state index contributed by atoms with van der Waals surface area (Å²) in [6.45, 7) is 4.99. The molecule has 2 aromatic rings. The Balaban J connectivity index is 1.38. The Bertz CT molecular complexity index is 992. The second-order valence-corrected chi connectivity index (χ2v) is 8.99. The van der Waals surface area contributed by atoms with Crippen LogP contribution in [0.2, 0.25) is 10.0 Å². The number of carbonyl (C=O) groups excluding carboxylic acids is 2. The van der Waals surface area contributed by atoms with Crippen molar-refractivity contribution in [2.75, 3.05) is 19.7 Å². The van der Waals surface area contributed by atoms with Gasteiger partial charge in [0.15, 0.2) is 12.4 Å². The number of likely N-dealkylation sites (tertiary alicyclic amines) is 1. The van der Waals surface area contributed by atoms with Crippen molar-refractivity contribution in [3.63, 3.8) is 0 Å². The molecule has 0 unspecified atom stereocenters. The van der Waals surface area contributed by atoms with E-state index in [1.54, 1.807) is 17.0 Å². The summed E-state index contributed by atoms with van der Waals surface area (Å²) in [5, 5.41) is 0.751. The van der Waals surface area contributed by atoms with Gasteiger partial charge < -0.3 is 14.4 Å². The van der Waals surface area contributed by atoms with Gasteiger partial charge >= 0.3 is 0 Å². The Morgan fingerprint density at radius 2 is 1.77 bits per heavy atom. The van der Waals surface area contributed by atoms with Crippen molar-refractivity contribution < 1.29 is 19.1 Å². The maximum absolute atomic E-state index is 12.7. The molecule has 158 valence electrons. The highest BCUT2D eigenvalue weighted by Gasteiger charge is 2.44. The van der Waals surface area contributed by atoms with Crippen LogP contribution < -0.4 is 9.47 Å². The van der Waals surface area contributed by atoms with E-state index in [4.69, 9.17) is 32.7 Å². The van der Waals surface area contributed by atoms with Crippen molar-refractivity contribution in [1.82, 2.24) is 4.90 Å². The summed E-state index contributed by atoms with van der Waals surface area (Å²) in [6, 6.07) is 9.07. The topological polar surface area (TPSA) is 55.8 Å². The maximum Gasteiger partial charge on any atom is 0.260 e. The molecule has 1 amide bonds. The van der Waals surface area contributed by atoms with E-state index < -0.39 is 5.60 Å². The van der Waals surface area contributed by atoms with Crippen LogP contribution in [0.1, 0.15) is 40.7 Å². The number of fused-ring (bicyclic) bond motifs is 1. The largest absolute Gasteiger partial charge is 0.484 e. The minimum absolute atomic E-state index is 0.0111. The highest BCUT2D eigenvalue weighted by Crippen LogP contribution is 2.44.